The topological polar surface area (TPSA) is 37.3 Å². The number of phenols is 1. The monoisotopic (exact) mass is 238 g/mol. The number of Topliss-reactive ketones (excluding diaryl/α,β-unsaturated/α-hetero) is 1. The molecule has 0 bridgehead atoms. The molecule has 6 heteroatoms. The standard InChI is InChI=1S/C9H6ClF3O2/c10-6-2-1-5(7(14)4-6)3-8(15)9(11,12)13/h1-2,4,14H,3H2. The van der Waals surface area contributed by atoms with Crippen LogP contribution in [0.1, 0.15) is 5.56 Å². The molecule has 0 radical (unpaired) electrons. The van der Waals surface area contributed by atoms with E-state index in [9.17, 15) is 23.1 Å². The van der Waals surface area contributed by atoms with Gasteiger partial charge in [-0.1, -0.05) is 17.7 Å². The Bertz CT molecular complexity index is 387. The van der Waals surface area contributed by atoms with Crippen molar-refractivity contribution in [2.24, 2.45) is 0 Å². The second kappa shape index (κ2) is 4.10. The molecule has 0 saturated carbocycles. The molecule has 15 heavy (non-hydrogen) atoms. The highest BCUT2D eigenvalue weighted by Crippen LogP contribution is 2.25. The number of hydrogen-bond donors (Lipinski definition) is 1. The molecular weight excluding hydrogens is 233 g/mol. The van der Waals surface area contributed by atoms with Gasteiger partial charge in [-0.25, -0.2) is 0 Å². The number of ketones is 1. The van der Waals surface area contributed by atoms with Crippen molar-refractivity contribution >= 4 is 17.4 Å². The van der Waals surface area contributed by atoms with E-state index in [1.54, 1.807) is 0 Å². The van der Waals surface area contributed by atoms with E-state index in [-0.39, 0.29) is 10.6 Å². The molecule has 0 aliphatic rings. The highest BCUT2D eigenvalue weighted by atomic mass is 35.5. The maximum atomic E-state index is 11.9. The summed E-state index contributed by atoms with van der Waals surface area (Å²) in [7, 11) is 0. The van der Waals surface area contributed by atoms with Crippen LogP contribution in [0.4, 0.5) is 13.2 Å². The predicted octanol–water partition coefficient (Wildman–Crippen LogP) is 2.72. The summed E-state index contributed by atoms with van der Waals surface area (Å²) in [6, 6.07) is 3.57. The molecule has 0 heterocycles. The summed E-state index contributed by atoms with van der Waals surface area (Å²) in [5, 5.41) is 9.39. The van der Waals surface area contributed by atoms with Crippen molar-refractivity contribution in [2.75, 3.05) is 0 Å². The average Bonchev–Trinajstić information content (AvgIpc) is 2.08. The van der Waals surface area contributed by atoms with E-state index >= 15 is 0 Å². The number of halogens is 4. The quantitative estimate of drug-likeness (QED) is 0.860. The zero-order chi connectivity index (χ0) is 11.6. The molecule has 82 valence electrons. The summed E-state index contributed by atoms with van der Waals surface area (Å²) in [4.78, 5) is 10.6. The third-order valence-electron chi connectivity index (χ3n) is 1.71. The highest BCUT2D eigenvalue weighted by molar-refractivity contribution is 6.30. The van der Waals surface area contributed by atoms with Crippen molar-refractivity contribution in [3.8, 4) is 5.75 Å². The van der Waals surface area contributed by atoms with Gasteiger partial charge in [0.15, 0.2) is 0 Å². The minimum Gasteiger partial charge on any atom is -0.508 e. The van der Waals surface area contributed by atoms with Crippen molar-refractivity contribution in [2.45, 2.75) is 12.6 Å². The molecule has 0 amide bonds. The van der Waals surface area contributed by atoms with Crippen LogP contribution in [0.3, 0.4) is 0 Å². The number of hydrogen-bond acceptors (Lipinski definition) is 2. The van der Waals surface area contributed by atoms with Gasteiger partial charge in [0.2, 0.25) is 5.78 Å². The maximum Gasteiger partial charge on any atom is 0.450 e. The fourth-order valence-electron chi connectivity index (χ4n) is 0.960. The van der Waals surface area contributed by atoms with Crippen LogP contribution in [0, 0.1) is 0 Å². The predicted molar refractivity (Wildman–Crippen MR) is 47.9 cm³/mol. The van der Waals surface area contributed by atoms with Crippen LogP contribution in [0.15, 0.2) is 18.2 Å². The molecule has 2 nitrogen and oxygen atoms in total. The highest BCUT2D eigenvalue weighted by Gasteiger charge is 2.38. The van der Waals surface area contributed by atoms with Crippen LogP contribution in [0.2, 0.25) is 5.02 Å². The van der Waals surface area contributed by atoms with Crippen LogP contribution in [-0.4, -0.2) is 17.1 Å². The SMILES string of the molecule is O=C(Cc1ccc(Cl)cc1O)C(F)(F)F. The van der Waals surface area contributed by atoms with Crippen molar-refractivity contribution in [3.63, 3.8) is 0 Å². The second-order valence-electron chi connectivity index (χ2n) is 2.87. The van der Waals surface area contributed by atoms with Crippen LogP contribution in [0.5, 0.6) is 5.75 Å². The van der Waals surface area contributed by atoms with E-state index < -0.39 is 24.1 Å². The lowest BCUT2D eigenvalue weighted by Crippen LogP contribution is -2.24. The van der Waals surface area contributed by atoms with Crippen molar-refractivity contribution in [1.29, 1.82) is 0 Å². The molecular formula is C9H6ClF3O2. The molecule has 0 aliphatic carbocycles. The summed E-state index contributed by atoms with van der Waals surface area (Å²) in [5.74, 6) is -2.32. The largest absolute Gasteiger partial charge is 0.508 e. The Balaban J connectivity index is 2.87. The maximum absolute atomic E-state index is 11.9. The Morgan fingerprint density at radius 1 is 1.40 bits per heavy atom. The third kappa shape index (κ3) is 3.13. The lowest BCUT2D eigenvalue weighted by Gasteiger charge is -2.06. The van der Waals surface area contributed by atoms with Gasteiger partial charge in [-0.3, -0.25) is 4.79 Å². The van der Waals surface area contributed by atoms with Crippen LogP contribution in [-0.2, 0) is 11.2 Å². The van der Waals surface area contributed by atoms with Gasteiger partial charge in [0.1, 0.15) is 5.75 Å². The Hall–Kier alpha value is -1.23. The van der Waals surface area contributed by atoms with E-state index in [4.69, 9.17) is 11.6 Å². The van der Waals surface area contributed by atoms with Crippen molar-refractivity contribution < 1.29 is 23.1 Å². The summed E-state index contributed by atoms with van der Waals surface area (Å²) in [6.07, 6.45) is -5.77. The molecule has 1 rings (SSSR count). The lowest BCUT2D eigenvalue weighted by molar-refractivity contribution is -0.170. The van der Waals surface area contributed by atoms with Gasteiger partial charge in [0.05, 0.1) is 0 Å². The van der Waals surface area contributed by atoms with E-state index in [0.29, 0.717) is 0 Å². The first-order valence-corrected chi connectivity index (χ1v) is 4.26. The summed E-state index contributed by atoms with van der Waals surface area (Å²) >= 11 is 5.48. The molecule has 0 atom stereocenters. The van der Waals surface area contributed by atoms with Crippen molar-refractivity contribution in [3.05, 3.63) is 28.8 Å². The first-order valence-electron chi connectivity index (χ1n) is 3.88. The molecule has 1 N–H and O–H groups in total. The number of carbonyl (C=O) groups excluding carboxylic acids is 1. The number of rotatable bonds is 2. The fourth-order valence-corrected chi connectivity index (χ4v) is 1.13. The zero-order valence-corrected chi connectivity index (χ0v) is 8.06. The van der Waals surface area contributed by atoms with Crippen molar-refractivity contribution in [1.82, 2.24) is 0 Å². The second-order valence-corrected chi connectivity index (χ2v) is 3.31. The normalized spacial score (nSPS) is 11.5. The smallest absolute Gasteiger partial charge is 0.450 e. The molecule has 0 spiro atoms. The Morgan fingerprint density at radius 3 is 2.47 bits per heavy atom. The van der Waals surface area contributed by atoms with Gasteiger partial charge >= 0.3 is 6.18 Å². The minimum absolute atomic E-state index is 0.0956. The van der Waals surface area contributed by atoms with Gasteiger partial charge < -0.3 is 5.11 Å². The molecule has 0 aliphatic heterocycles. The molecule has 0 fully saturated rings. The van der Waals surface area contributed by atoms with Gasteiger partial charge in [-0.05, 0) is 12.1 Å². The fraction of sp³-hybridized carbons (Fsp3) is 0.222. The molecule has 1 aromatic carbocycles. The Labute approximate surface area is 88.3 Å². The number of alkyl halides is 3. The van der Waals surface area contributed by atoms with Gasteiger partial charge in [0, 0.05) is 17.0 Å². The lowest BCUT2D eigenvalue weighted by atomic mass is 10.1. The van der Waals surface area contributed by atoms with E-state index in [0.717, 1.165) is 6.07 Å². The minimum atomic E-state index is -4.88. The zero-order valence-electron chi connectivity index (χ0n) is 7.31. The summed E-state index contributed by atoms with van der Waals surface area (Å²) in [6.45, 7) is 0. The van der Waals surface area contributed by atoms with E-state index in [1.165, 1.54) is 12.1 Å². The molecule has 1 aromatic rings. The third-order valence-corrected chi connectivity index (χ3v) is 1.95. The first-order chi connectivity index (χ1) is 6.80. The van der Waals surface area contributed by atoms with Gasteiger partial charge in [-0.2, -0.15) is 13.2 Å². The molecule has 0 saturated heterocycles. The first kappa shape index (κ1) is 11.8. The number of phenolic OH excluding ortho intramolecular Hbond substituents is 1. The van der Waals surface area contributed by atoms with E-state index in [1.807, 2.05) is 0 Å². The van der Waals surface area contributed by atoms with Crippen LogP contribution in [0.25, 0.3) is 0 Å². The summed E-state index contributed by atoms with van der Waals surface area (Å²) in [5.41, 5.74) is -0.0956. The number of benzene rings is 1. The van der Waals surface area contributed by atoms with Gasteiger partial charge in [0.25, 0.3) is 0 Å². The van der Waals surface area contributed by atoms with E-state index in [2.05, 4.69) is 0 Å². The molecule has 0 aromatic heterocycles. The Morgan fingerprint density at radius 2 is 2.00 bits per heavy atom. The number of aromatic hydroxyl groups is 1. The number of carbonyl (C=O) groups is 1. The Kier molecular flexibility index (Phi) is 3.24. The van der Waals surface area contributed by atoms with Crippen LogP contribution < -0.4 is 0 Å². The summed E-state index contributed by atoms with van der Waals surface area (Å²) < 4.78 is 35.7. The average molecular weight is 239 g/mol. The molecule has 0 unspecified atom stereocenters. The van der Waals surface area contributed by atoms with Gasteiger partial charge in [-0.15, -0.1) is 0 Å². The van der Waals surface area contributed by atoms with Crippen LogP contribution >= 0.6 is 11.6 Å².